The molecular formula is C22H31N3O5S. The maximum absolute atomic E-state index is 12.2. The highest BCUT2D eigenvalue weighted by Gasteiger charge is 2.24. The minimum absolute atomic E-state index is 0.0493. The molecule has 1 saturated carbocycles. The highest BCUT2D eigenvalue weighted by atomic mass is 32.2. The Balaban J connectivity index is 1.68. The van der Waals surface area contributed by atoms with Crippen molar-refractivity contribution < 1.29 is 22.8 Å². The van der Waals surface area contributed by atoms with Gasteiger partial charge in [0.1, 0.15) is 0 Å². The minimum atomic E-state index is -3.51. The molecule has 31 heavy (non-hydrogen) atoms. The lowest BCUT2D eigenvalue weighted by molar-refractivity contribution is -0.137. The topological polar surface area (TPSA) is 114 Å². The number of carboxylic acid groups (broad SMARTS) is 1. The van der Waals surface area contributed by atoms with Crippen molar-refractivity contribution in [3.05, 3.63) is 30.2 Å². The average molecular weight is 450 g/mol. The Morgan fingerprint density at radius 2 is 1.87 bits per heavy atom. The zero-order chi connectivity index (χ0) is 22.4. The van der Waals surface area contributed by atoms with Gasteiger partial charge in [0.05, 0.1) is 11.3 Å². The number of carbonyl (C=O) groups is 1. The summed E-state index contributed by atoms with van der Waals surface area (Å²) in [6, 6.07) is 6.25. The maximum atomic E-state index is 12.2. The quantitative estimate of drug-likeness (QED) is 0.575. The fraction of sp³-hybridized carbons (Fsp3) is 0.591. The average Bonchev–Trinajstić information content (AvgIpc) is 3.24. The van der Waals surface area contributed by atoms with Crippen molar-refractivity contribution in [2.75, 3.05) is 14.1 Å². The fourth-order valence-electron chi connectivity index (χ4n) is 4.16. The SMILES string of the molecule is CN(C)S(=O)(=O)c1ccc(-c2noc(C(CCCC3CCCCC3)CC(=O)O)n2)cc1. The second-order valence-corrected chi connectivity index (χ2v) is 10.6. The molecule has 1 N–H and O–H groups in total. The molecule has 1 aliphatic carbocycles. The highest BCUT2D eigenvalue weighted by Crippen LogP contribution is 2.31. The van der Waals surface area contributed by atoms with Crippen molar-refractivity contribution in [2.45, 2.75) is 68.6 Å². The Hall–Kier alpha value is -2.26. The van der Waals surface area contributed by atoms with Gasteiger partial charge in [-0.1, -0.05) is 50.1 Å². The number of nitrogens with zero attached hydrogens (tertiary/aromatic N) is 3. The summed E-state index contributed by atoms with van der Waals surface area (Å²) >= 11 is 0. The summed E-state index contributed by atoms with van der Waals surface area (Å²) in [4.78, 5) is 16.0. The summed E-state index contributed by atoms with van der Waals surface area (Å²) in [7, 11) is -0.558. The van der Waals surface area contributed by atoms with Gasteiger partial charge in [-0.15, -0.1) is 0 Å². The maximum Gasteiger partial charge on any atom is 0.304 e. The van der Waals surface area contributed by atoms with E-state index in [4.69, 9.17) is 4.52 Å². The summed E-state index contributed by atoms with van der Waals surface area (Å²) < 4.78 is 31.0. The van der Waals surface area contributed by atoms with Crippen LogP contribution in [0.2, 0.25) is 0 Å². The lowest BCUT2D eigenvalue weighted by Crippen LogP contribution is -2.22. The molecule has 1 aliphatic rings. The Kier molecular flexibility index (Phi) is 7.83. The van der Waals surface area contributed by atoms with Crippen LogP contribution in [0.4, 0.5) is 0 Å². The van der Waals surface area contributed by atoms with E-state index in [1.54, 1.807) is 12.1 Å². The van der Waals surface area contributed by atoms with Crippen molar-refractivity contribution >= 4 is 16.0 Å². The monoisotopic (exact) mass is 449 g/mol. The Morgan fingerprint density at radius 3 is 2.48 bits per heavy atom. The number of rotatable bonds is 10. The molecule has 1 unspecified atom stereocenters. The van der Waals surface area contributed by atoms with E-state index in [0.29, 0.717) is 23.7 Å². The van der Waals surface area contributed by atoms with Gasteiger partial charge in [0, 0.05) is 25.6 Å². The summed E-state index contributed by atoms with van der Waals surface area (Å²) in [5, 5.41) is 13.3. The van der Waals surface area contributed by atoms with Gasteiger partial charge in [0.25, 0.3) is 0 Å². The van der Waals surface area contributed by atoms with Gasteiger partial charge in [-0.05, 0) is 36.6 Å². The van der Waals surface area contributed by atoms with Crippen LogP contribution >= 0.6 is 0 Å². The Bertz CT molecular complexity index is 963. The molecule has 0 bridgehead atoms. The van der Waals surface area contributed by atoms with Crippen LogP contribution in [0, 0.1) is 5.92 Å². The molecule has 1 atom stereocenters. The van der Waals surface area contributed by atoms with Crippen LogP contribution in [0.1, 0.15) is 69.6 Å². The minimum Gasteiger partial charge on any atom is -0.481 e. The lowest BCUT2D eigenvalue weighted by Gasteiger charge is -2.21. The first-order valence-corrected chi connectivity index (χ1v) is 12.3. The molecular weight excluding hydrogens is 418 g/mol. The highest BCUT2D eigenvalue weighted by molar-refractivity contribution is 7.89. The molecule has 0 spiro atoms. The molecule has 1 fully saturated rings. The van der Waals surface area contributed by atoms with Crippen molar-refractivity contribution in [1.82, 2.24) is 14.4 Å². The molecule has 0 amide bonds. The lowest BCUT2D eigenvalue weighted by atomic mass is 9.84. The van der Waals surface area contributed by atoms with E-state index < -0.39 is 16.0 Å². The third-order valence-corrected chi connectivity index (χ3v) is 7.82. The van der Waals surface area contributed by atoms with E-state index in [0.717, 1.165) is 23.1 Å². The van der Waals surface area contributed by atoms with E-state index in [2.05, 4.69) is 10.1 Å². The first-order valence-electron chi connectivity index (χ1n) is 10.9. The first-order chi connectivity index (χ1) is 14.8. The molecule has 0 saturated heterocycles. The first kappa shape index (κ1) is 23.4. The normalized spacial score (nSPS) is 16.5. The molecule has 1 aromatic heterocycles. The smallest absolute Gasteiger partial charge is 0.304 e. The van der Waals surface area contributed by atoms with Gasteiger partial charge in [0.15, 0.2) is 0 Å². The molecule has 8 nitrogen and oxygen atoms in total. The summed E-state index contributed by atoms with van der Waals surface area (Å²) in [6.45, 7) is 0. The second-order valence-electron chi connectivity index (χ2n) is 8.50. The standard InChI is InChI=1S/C22H31N3O5S/c1-25(2)31(28,29)19-13-11-17(12-14-19)21-23-22(30-24-21)18(15-20(26)27)10-6-9-16-7-4-3-5-8-16/h11-14,16,18H,3-10,15H2,1-2H3,(H,26,27). The van der Waals surface area contributed by atoms with Crippen molar-refractivity contribution in [3.8, 4) is 11.4 Å². The molecule has 0 aliphatic heterocycles. The molecule has 170 valence electrons. The van der Waals surface area contributed by atoms with Gasteiger partial charge in [-0.2, -0.15) is 4.98 Å². The van der Waals surface area contributed by atoms with Crippen LogP contribution in [-0.2, 0) is 14.8 Å². The number of sulfonamides is 1. The number of hydrogen-bond acceptors (Lipinski definition) is 6. The fourth-order valence-corrected chi connectivity index (χ4v) is 5.06. The molecule has 9 heteroatoms. The molecule has 0 radical (unpaired) electrons. The van der Waals surface area contributed by atoms with Crippen LogP contribution in [0.3, 0.4) is 0 Å². The van der Waals surface area contributed by atoms with E-state index in [1.807, 2.05) is 0 Å². The number of aliphatic carboxylic acids is 1. The third kappa shape index (κ3) is 6.13. The van der Waals surface area contributed by atoms with E-state index in [1.165, 1.54) is 58.3 Å². The van der Waals surface area contributed by atoms with E-state index in [-0.39, 0.29) is 17.2 Å². The van der Waals surface area contributed by atoms with Crippen LogP contribution in [-0.4, -0.2) is 48.0 Å². The zero-order valence-electron chi connectivity index (χ0n) is 18.2. The van der Waals surface area contributed by atoms with Crippen molar-refractivity contribution in [1.29, 1.82) is 0 Å². The van der Waals surface area contributed by atoms with Crippen LogP contribution < -0.4 is 0 Å². The predicted molar refractivity (Wildman–Crippen MR) is 116 cm³/mol. The van der Waals surface area contributed by atoms with Crippen LogP contribution in [0.5, 0.6) is 0 Å². The number of hydrogen-bond donors (Lipinski definition) is 1. The summed E-state index contributed by atoms with van der Waals surface area (Å²) in [5.74, 6) is 0.184. The number of benzene rings is 1. The summed E-state index contributed by atoms with van der Waals surface area (Å²) in [6.07, 6.45) is 9.16. The van der Waals surface area contributed by atoms with Crippen LogP contribution in [0.25, 0.3) is 11.4 Å². The van der Waals surface area contributed by atoms with Gasteiger partial charge in [0.2, 0.25) is 21.7 Å². The van der Waals surface area contributed by atoms with Crippen molar-refractivity contribution in [3.63, 3.8) is 0 Å². The second kappa shape index (κ2) is 10.4. The molecule has 1 aromatic carbocycles. The number of aromatic nitrogens is 2. The van der Waals surface area contributed by atoms with Gasteiger partial charge >= 0.3 is 5.97 Å². The van der Waals surface area contributed by atoms with Crippen molar-refractivity contribution in [2.24, 2.45) is 5.92 Å². The zero-order valence-corrected chi connectivity index (χ0v) is 19.0. The van der Waals surface area contributed by atoms with Gasteiger partial charge in [-0.3, -0.25) is 4.79 Å². The molecule has 1 heterocycles. The van der Waals surface area contributed by atoms with Gasteiger partial charge in [-0.25, -0.2) is 12.7 Å². The Morgan fingerprint density at radius 1 is 1.19 bits per heavy atom. The van der Waals surface area contributed by atoms with E-state index >= 15 is 0 Å². The Labute approximate surface area is 183 Å². The van der Waals surface area contributed by atoms with Crippen LogP contribution in [0.15, 0.2) is 33.7 Å². The summed E-state index contributed by atoms with van der Waals surface area (Å²) in [5.41, 5.74) is 0.615. The van der Waals surface area contributed by atoms with E-state index in [9.17, 15) is 18.3 Å². The number of carboxylic acids is 1. The molecule has 2 aromatic rings. The van der Waals surface area contributed by atoms with Gasteiger partial charge < -0.3 is 9.63 Å². The largest absolute Gasteiger partial charge is 0.481 e. The molecule has 3 rings (SSSR count). The predicted octanol–water partition coefficient (Wildman–Crippen LogP) is 4.30. The third-order valence-electron chi connectivity index (χ3n) is 5.99.